The van der Waals surface area contributed by atoms with E-state index in [-0.39, 0.29) is 16.4 Å². The molecule has 2 amide bonds. The largest absolute Gasteiger partial charge is 0.478 e. The fourth-order valence-corrected chi connectivity index (χ4v) is 1.61. The number of nitrogens with one attached hydrogen (secondary N) is 2. The average Bonchev–Trinajstić information content (AvgIpc) is 2.27. The molecule has 9 heteroatoms. The van der Waals surface area contributed by atoms with Gasteiger partial charge in [-0.3, -0.25) is 5.73 Å². The number of hydrogen-bond acceptors (Lipinski definition) is 4. The lowest BCUT2D eigenvalue weighted by Crippen LogP contribution is -2.60. The molecule has 1 unspecified atom stereocenters. The lowest BCUT2D eigenvalue weighted by Gasteiger charge is -2.27. The van der Waals surface area contributed by atoms with Gasteiger partial charge in [0.1, 0.15) is 0 Å². The van der Waals surface area contributed by atoms with Gasteiger partial charge in [0, 0.05) is 11.3 Å². The molecule has 102 valence electrons. The van der Waals surface area contributed by atoms with Crippen LogP contribution in [0.25, 0.3) is 0 Å². The Morgan fingerprint density at radius 3 is 2.32 bits per heavy atom. The standard InChI is InChI=1S/C10H13N5O3S/c11-8(18)15-10(13,7(16)17)5-3-1-2-4-6(5)14-9(12)19/h1-4H,13H2,(H,16,17)(H3,11,15,18)(H3,12,14,19). The molecule has 1 aromatic rings. The number of nitrogens with two attached hydrogens (primary N) is 3. The lowest BCUT2D eigenvalue weighted by atomic mass is 9.98. The van der Waals surface area contributed by atoms with E-state index in [1.165, 1.54) is 12.1 Å². The minimum Gasteiger partial charge on any atom is -0.478 e. The Hall–Kier alpha value is -2.39. The van der Waals surface area contributed by atoms with Gasteiger partial charge in [-0.05, 0) is 18.3 Å². The summed E-state index contributed by atoms with van der Waals surface area (Å²) in [5.41, 5.74) is 14.1. The molecule has 0 aliphatic rings. The van der Waals surface area contributed by atoms with Gasteiger partial charge in [0.25, 0.3) is 0 Å². The second kappa shape index (κ2) is 5.50. The lowest BCUT2D eigenvalue weighted by molar-refractivity contribution is -0.144. The minimum atomic E-state index is -2.19. The Kier molecular flexibility index (Phi) is 4.25. The van der Waals surface area contributed by atoms with Gasteiger partial charge in [0.15, 0.2) is 5.11 Å². The van der Waals surface area contributed by atoms with E-state index in [4.69, 9.17) is 17.2 Å². The molecule has 1 aromatic carbocycles. The quantitative estimate of drug-likeness (QED) is 0.312. The number of primary amides is 1. The maximum absolute atomic E-state index is 11.3. The van der Waals surface area contributed by atoms with E-state index < -0.39 is 17.7 Å². The van der Waals surface area contributed by atoms with E-state index in [1.54, 1.807) is 12.1 Å². The number of aliphatic carboxylic acids is 1. The maximum Gasteiger partial charge on any atom is 0.349 e. The Morgan fingerprint density at radius 2 is 1.84 bits per heavy atom. The number of carboxylic acid groups (broad SMARTS) is 1. The van der Waals surface area contributed by atoms with Crippen LogP contribution < -0.4 is 27.8 Å². The molecule has 1 rings (SSSR count). The molecule has 0 aromatic heterocycles. The van der Waals surface area contributed by atoms with Crippen LogP contribution in [0.15, 0.2) is 24.3 Å². The van der Waals surface area contributed by atoms with Crippen molar-refractivity contribution in [1.29, 1.82) is 0 Å². The third-order valence-corrected chi connectivity index (χ3v) is 2.37. The van der Waals surface area contributed by atoms with E-state index in [1.807, 2.05) is 5.32 Å². The highest BCUT2D eigenvalue weighted by Crippen LogP contribution is 2.24. The predicted octanol–water partition coefficient (Wildman–Crippen LogP) is -0.793. The summed E-state index contributed by atoms with van der Waals surface area (Å²) in [5.74, 6) is -1.48. The SMILES string of the molecule is NC(=O)NC(N)(C(=O)O)c1ccccc1NC(N)=S. The van der Waals surface area contributed by atoms with Crippen LogP contribution in [0.3, 0.4) is 0 Å². The highest BCUT2D eigenvalue weighted by Gasteiger charge is 2.39. The smallest absolute Gasteiger partial charge is 0.349 e. The van der Waals surface area contributed by atoms with Crippen LogP contribution in [0.4, 0.5) is 10.5 Å². The zero-order valence-electron chi connectivity index (χ0n) is 9.71. The number of rotatable bonds is 4. The van der Waals surface area contributed by atoms with Gasteiger partial charge in [-0.15, -0.1) is 0 Å². The average molecular weight is 283 g/mol. The zero-order valence-corrected chi connectivity index (χ0v) is 10.5. The van der Waals surface area contributed by atoms with Crippen molar-refractivity contribution in [3.05, 3.63) is 29.8 Å². The first-order chi connectivity index (χ1) is 8.77. The van der Waals surface area contributed by atoms with Crippen molar-refractivity contribution in [3.63, 3.8) is 0 Å². The van der Waals surface area contributed by atoms with Crippen molar-refractivity contribution in [2.75, 3.05) is 5.32 Å². The highest BCUT2D eigenvalue weighted by molar-refractivity contribution is 7.80. The van der Waals surface area contributed by atoms with Crippen molar-refractivity contribution < 1.29 is 14.7 Å². The summed E-state index contributed by atoms with van der Waals surface area (Å²) in [6.07, 6.45) is 0. The zero-order chi connectivity index (χ0) is 14.6. The number of benzene rings is 1. The molecule has 19 heavy (non-hydrogen) atoms. The van der Waals surface area contributed by atoms with Gasteiger partial charge in [0.05, 0.1) is 0 Å². The third kappa shape index (κ3) is 3.30. The van der Waals surface area contributed by atoms with Crippen LogP contribution in [0.2, 0.25) is 0 Å². The first-order valence-electron chi connectivity index (χ1n) is 5.03. The Labute approximate surface area is 113 Å². The van der Waals surface area contributed by atoms with Crippen LogP contribution in [0.5, 0.6) is 0 Å². The van der Waals surface area contributed by atoms with Gasteiger partial charge in [0.2, 0.25) is 5.66 Å². The number of carboxylic acids is 1. The molecule has 0 fully saturated rings. The van der Waals surface area contributed by atoms with Gasteiger partial charge in [-0.25, -0.2) is 9.59 Å². The van der Waals surface area contributed by atoms with Gasteiger partial charge < -0.3 is 27.2 Å². The Bertz CT molecular complexity index is 536. The number of amides is 2. The number of carbonyl (C=O) groups excluding carboxylic acids is 1. The van der Waals surface area contributed by atoms with E-state index in [2.05, 4.69) is 17.5 Å². The van der Waals surface area contributed by atoms with Crippen molar-refractivity contribution in [2.45, 2.75) is 5.66 Å². The van der Waals surface area contributed by atoms with Crippen LogP contribution in [-0.2, 0) is 10.5 Å². The first-order valence-corrected chi connectivity index (χ1v) is 5.44. The molecule has 1 atom stereocenters. The first kappa shape index (κ1) is 14.7. The number of para-hydroxylation sites is 1. The van der Waals surface area contributed by atoms with E-state index in [9.17, 15) is 14.7 Å². The summed E-state index contributed by atoms with van der Waals surface area (Å²) in [4.78, 5) is 22.2. The second-order valence-corrected chi connectivity index (χ2v) is 4.08. The summed E-state index contributed by atoms with van der Waals surface area (Å²) in [7, 11) is 0. The van der Waals surface area contributed by atoms with Crippen molar-refractivity contribution >= 4 is 35.0 Å². The Balaban J connectivity index is 3.34. The molecule has 0 aliphatic carbocycles. The van der Waals surface area contributed by atoms with E-state index >= 15 is 0 Å². The number of hydrogen-bond donors (Lipinski definition) is 6. The summed E-state index contributed by atoms with van der Waals surface area (Å²) >= 11 is 4.68. The molecule has 8 nitrogen and oxygen atoms in total. The number of carbonyl (C=O) groups is 2. The van der Waals surface area contributed by atoms with E-state index in [0.29, 0.717) is 0 Å². The molecular formula is C10H13N5O3S. The maximum atomic E-state index is 11.3. The van der Waals surface area contributed by atoms with Crippen LogP contribution in [0, 0.1) is 0 Å². The van der Waals surface area contributed by atoms with Crippen LogP contribution >= 0.6 is 12.2 Å². The molecule has 0 radical (unpaired) electrons. The van der Waals surface area contributed by atoms with Crippen LogP contribution in [-0.4, -0.2) is 22.2 Å². The number of thiocarbonyl (C=S) groups is 1. The molecular weight excluding hydrogens is 270 g/mol. The highest BCUT2D eigenvalue weighted by atomic mass is 32.1. The predicted molar refractivity (Wildman–Crippen MR) is 73.1 cm³/mol. The number of anilines is 1. The van der Waals surface area contributed by atoms with Crippen molar-refractivity contribution in [3.8, 4) is 0 Å². The van der Waals surface area contributed by atoms with E-state index in [0.717, 1.165) is 0 Å². The summed E-state index contributed by atoms with van der Waals surface area (Å²) in [5, 5.41) is 13.7. The van der Waals surface area contributed by atoms with Gasteiger partial charge >= 0.3 is 12.0 Å². The van der Waals surface area contributed by atoms with Gasteiger partial charge in [-0.1, -0.05) is 18.2 Å². The minimum absolute atomic E-state index is 0.0640. The van der Waals surface area contributed by atoms with Crippen LogP contribution in [0.1, 0.15) is 5.56 Å². The fourth-order valence-electron chi connectivity index (χ4n) is 1.50. The molecule has 0 spiro atoms. The summed E-state index contributed by atoms with van der Waals surface area (Å²) in [6, 6.07) is 5.02. The third-order valence-electron chi connectivity index (χ3n) is 2.27. The second-order valence-electron chi connectivity index (χ2n) is 3.64. The molecule has 0 saturated carbocycles. The van der Waals surface area contributed by atoms with Crippen molar-refractivity contribution in [2.24, 2.45) is 17.2 Å². The molecule has 0 aliphatic heterocycles. The van der Waals surface area contributed by atoms with Gasteiger partial charge in [-0.2, -0.15) is 0 Å². The van der Waals surface area contributed by atoms with Crippen molar-refractivity contribution in [1.82, 2.24) is 5.32 Å². The normalized spacial score (nSPS) is 13.1. The summed E-state index contributed by atoms with van der Waals surface area (Å²) in [6.45, 7) is 0. The monoisotopic (exact) mass is 283 g/mol. The Morgan fingerprint density at radius 1 is 1.26 bits per heavy atom. The fraction of sp³-hybridized carbons (Fsp3) is 0.100. The molecule has 9 N–H and O–H groups in total. The number of urea groups is 1. The summed E-state index contributed by atoms with van der Waals surface area (Å²) < 4.78 is 0. The topological polar surface area (TPSA) is 156 Å². The molecule has 0 saturated heterocycles. The molecule has 0 bridgehead atoms. The molecule has 0 heterocycles.